The van der Waals surface area contributed by atoms with Crippen LogP contribution in [-0.4, -0.2) is 4.98 Å². The fourth-order valence-corrected chi connectivity index (χ4v) is 2.42. The van der Waals surface area contributed by atoms with Crippen molar-refractivity contribution in [2.45, 2.75) is 18.8 Å². The van der Waals surface area contributed by atoms with Gasteiger partial charge in [-0.3, -0.25) is 4.98 Å². The number of aryl methyl sites for hydroxylation is 1. The predicted octanol–water partition coefficient (Wildman–Crippen LogP) is 3.82. The molecule has 17 heavy (non-hydrogen) atoms. The van der Waals surface area contributed by atoms with E-state index < -0.39 is 0 Å². The molecule has 1 heteroatoms. The molecule has 1 aromatic heterocycles. The molecular weight excluding hydrogens is 206 g/mol. The molecule has 1 atom stereocenters. The van der Waals surface area contributed by atoms with Gasteiger partial charge in [0.1, 0.15) is 0 Å². The summed E-state index contributed by atoms with van der Waals surface area (Å²) < 4.78 is 0. The van der Waals surface area contributed by atoms with Gasteiger partial charge < -0.3 is 0 Å². The van der Waals surface area contributed by atoms with Crippen molar-refractivity contribution in [1.29, 1.82) is 0 Å². The van der Waals surface area contributed by atoms with E-state index >= 15 is 0 Å². The van der Waals surface area contributed by atoms with E-state index in [0.29, 0.717) is 5.92 Å². The highest BCUT2D eigenvalue weighted by atomic mass is 14.7. The lowest BCUT2D eigenvalue weighted by atomic mass is 9.95. The Kier molecular flexibility index (Phi) is 2.74. The first-order valence-electron chi connectivity index (χ1n) is 6.10. The normalized spacial score (nSPS) is 17.1. The van der Waals surface area contributed by atoms with Crippen molar-refractivity contribution in [2.24, 2.45) is 0 Å². The third-order valence-electron chi connectivity index (χ3n) is 3.34. The van der Waals surface area contributed by atoms with E-state index in [1.165, 1.54) is 16.8 Å². The van der Waals surface area contributed by atoms with Crippen molar-refractivity contribution >= 4 is 6.08 Å². The summed E-state index contributed by atoms with van der Waals surface area (Å²) in [7, 11) is 0. The molecule has 0 spiro atoms. The van der Waals surface area contributed by atoms with Gasteiger partial charge >= 0.3 is 0 Å². The maximum atomic E-state index is 4.37. The second-order valence-corrected chi connectivity index (χ2v) is 4.45. The molecule has 0 N–H and O–H groups in total. The first-order chi connectivity index (χ1) is 8.43. The smallest absolute Gasteiger partial charge is 0.0403 e. The minimum absolute atomic E-state index is 0.563. The topological polar surface area (TPSA) is 12.9 Å². The minimum atomic E-state index is 0.563. The van der Waals surface area contributed by atoms with Crippen molar-refractivity contribution in [3.05, 3.63) is 71.6 Å². The van der Waals surface area contributed by atoms with Crippen LogP contribution in [0.15, 0.2) is 54.7 Å². The monoisotopic (exact) mass is 221 g/mol. The van der Waals surface area contributed by atoms with Crippen molar-refractivity contribution < 1.29 is 0 Å². The summed E-state index contributed by atoms with van der Waals surface area (Å²) in [5.74, 6) is 0.563. The summed E-state index contributed by atoms with van der Waals surface area (Å²) in [5.41, 5.74) is 4.02. The molecule has 0 saturated carbocycles. The first-order valence-corrected chi connectivity index (χ1v) is 6.10. The van der Waals surface area contributed by atoms with Crippen molar-refractivity contribution in [3.8, 4) is 0 Å². The molecule has 0 aliphatic heterocycles. The van der Waals surface area contributed by atoms with Crippen LogP contribution in [0.3, 0.4) is 0 Å². The molecule has 0 saturated heterocycles. The van der Waals surface area contributed by atoms with E-state index in [1.807, 2.05) is 12.3 Å². The summed E-state index contributed by atoms with van der Waals surface area (Å²) in [6, 6.07) is 14.8. The maximum Gasteiger partial charge on any atom is 0.0403 e. The van der Waals surface area contributed by atoms with Crippen molar-refractivity contribution in [2.75, 3.05) is 0 Å². The van der Waals surface area contributed by atoms with Crippen LogP contribution in [-0.2, 0) is 6.42 Å². The Hall–Kier alpha value is -1.89. The van der Waals surface area contributed by atoms with Crippen LogP contribution in [0.5, 0.6) is 0 Å². The summed E-state index contributed by atoms with van der Waals surface area (Å²) in [5, 5.41) is 0. The highest BCUT2D eigenvalue weighted by Crippen LogP contribution is 2.32. The largest absolute Gasteiger partial charge is 0.261 e. The summed E-state index contributed by atoms with van der Waals surface area (Å²) >= 11 is 0. The number of nitrogens with zero attached hydrogens (tertiary/aromatic N) is 1. The van der Waals surface area contributed by atoms with Crippen LogP contribution in [0.2, 0.25) is 0 Å². The van der Waals surface area contributed by atoms with Gasteiger partial charge in [0.25, 0.3) is 0 Å². The zero-order chi connectivity index (χ0) is 11.5. The number of fused-ring (bicyclic) bond motifs is 1. The Bertz CT molecular complexity index is 528. The van der Waals surface area contributed by atoms with Crippen molar-refractivity contribution in [1.82, 2.24) is 4.98 Å². The zero-order valence-electron chi connectivity index (χ0n) is 9.71. The number of benzene rings is 1. The SMILES string of the molecule is C1=CC(CCc2ccccn2)c2ccccc21. The minimum Gasteiger partial charge on any atom is -0.261 e. The van der Waals surface area contributed by atoms with Gasteiger partial charge in [-0.15, -0.1) is 0 Å². The van der Waals surface area contributed by atoms with Gasteiger partial charge in [0.2, 0.25) is 0 Å². The maximum absolute atomic E-state index is 4.37. The third kappa shape index (κ3) is 2.14. The highest BCUT2D eigenvalue weighted by molar-refractivity contribution is 5.62. The second kappa shape index (κ2) is 4.54. The van der Waals surface area contributed by atoms with Gasteiger partial charge in [-0.05, 0) is 36.1 Å². The van der Waals surface area contributed by atoms with Crippen LogP contribution >= 0.6 is 0 Å². The Labute approximate surface area is 102 Å². The van der Waals surface area contributed by atoms with Crippen LogP contribution in [0.1, 0.15) is 29.2 Å². The lowest BCUT2D eigenvalue weighted by Gasteiger charge is -2.10. The molecule has 84 valence electrons. The Morgan fingerprint density at radius 1 is 1.00 bits per heavy atom. The molecule has 1 aromatic carbocycles. The molecule has 2 aromatic rings. The molecule has 0 amide bonds. The Morgan fingerprint density at radius 2 is 1.88 bits per heavy atom. The highest BCUT2D eigenvalue weighted by Gasteiger charge is 2.16. The van der Waals surface area contributed by atoms with Gasteiger partial charge in [0.15, 0.2) is 0 Å². The van der Waals surface area contributed by atoms with E-state index in [-0.39, 0.29) is 0 Å². The van der Waals surface area contributed by atoms with E-state index in [4.69, 9.17) is 0 Å². The number of hydrogen-bond donors (Lipinski definition) is 0. The molecule has 1 unspecified atom stereocenters. The average Bonchev–Trinajstić information content (AvgIpc) is 2.81. The fourth-order valence-electron chi connectivity index (χ4n) is 2.42. The molecule has 1 nitrogen and oxygen atoms in total. The first kappa shape index (κ1) is 10.3. The fraction of sp³-hybridized carbons (Fsp3) is 0.188. The van der Waals surface area contributed by atoms with E-state index in [2.05, 4.69) is 53.5 Å². The van der Waals surface area contributed by atoms with Crippen LogP contribution in [0.4, 0.5) is 0 Å². The summed E-state index contributed by atoms with van der Waals surface area (Å²) in [6.07, 6.45) is 8.61. The average molecular weight is 221 g/mol. The van der Waals surface area contributed by atoms with Gasteiger partial charge in [0, 0.05) is 17.8 Å². The summed E-state index contributed by atoms with van der Waals surface area (Å²) in [4.78, 5) is 4.37. The molecule has 1 aliphatic rings. The summed E-state index contributed by atoms with van der Waals surface area (Å²) in [6.45, 7) is 0. The molecule has 1 heterocycles. The molecule has 0 fully saturated rings. The Morgan fingerprint density at radius 3 is 2.76 bits per heavy atom. The third-order valence-corrected chi connectivity index (χ3v) is 3.34. The number of pyridine rings is 1. The molecular formula is C16H15N. The van der Waals surface area contributed by atoms with E-state index in [0.717, 1.165) is 12.8 Å². The number of aromatic nitrogens is 1. The van der Waals surface area contributed by atoms with Crippen LogP contribution in [0.25, 0.3) is 6.08 Å². The quantitative estimate of drug-likeness (QED) is 0.767. The van der Waals surface area contributed by atoms with Crippen molar-refractivity contribution in [3.63, 3.8) is 0 Å². The van der Waals surface area contributed by atoms with Gasteiger partial charge in [-0.2, -0.15) is 0 Å². The van der Waals surface area contributed by atoms with Gasteiger partial charge in [-0.1, -0.05) is 42.5 Å². The zero-order valence-corrected chi connectivity index (χ0v) is 9.71. The van der Waals surface area contributed by atoms with E-state index in [1.54, 1.807) is 0 Å². The number of hydrogen-bond acceptors (Lipinski definition) is 1. The standard InChI is InChI=1S/C16H15N/c1-2-7-16-13(5-1)8-9-14(16)10-11-15-6-3-4-12-17-15/h1-9,12,14H,10-11H2. The van der Waals surface area contributed by atoms with Gasteiger partial charge in [-0.25, -0.2) is 0 Å². The predicted molar refractivity (Wildman–Crippen MR) is 70.8 cm³/mol. The molecule has 1 aliphatic carbocycles. The molecule has 3 rings (SSSR count). The second-order valence-electron chi connectivity index (χ2n) is 4.45. The van der Waals surface area contributed by atoms with E-state index in [9.17, 15) is 0 Å². The lowest BCUT2D eigenvalue weighted by Crippen LogP contribution is -1.97. The Balaban J connectivity index is 1.70. The van der Waals surface area contributed by atoms with Gasteiger partial charge in [0.05, 0.1) is 0 Å². The molecule has 0 bridgehead atoms. The van der Waals surface area contributed by atoms with Crippen LogP contribution in [0, 0.1) is 0 Å². The van der Waals surface area contributed by atoms with Crippen LogP contribution < -0.4 is 0 Å². The molecule has 0 radical (unpaired) electrons. The number of rotatable bonds is 3. The number of allylic oxidation sites excluding steroid dienone is 1. The lowest BCUT2D eigenvalue weighted by molar-refractivity contribution is 0.731.